The molecule has 2 aromatic carbocycles. The Morgan fingerprint density at radius 3 is 2.81 bits per heavy atom. The van der Waals surface area contributed by atoms with Gasteiger partial charge in [0.2, 0.25) is 11.1 Å². The first-order valence-electron chi connectivity index (χ1n) is 10.6. The molecule has 3 N–H and O–H groups in total. The van der Waals surface area contributed by atoms with E-state index in [9.17, 15) is 9.18 Å². The third-order valence-corrected chi connectivity index (χ3v) is 6.45. The average molecular weight is 456 g/mol. The van der Waals surface area contributed by atoms with Crippen molar-refractivity contribution in [2.45, 2.75) is 50.4 Å². The second-order valence-corrected chi connectivity index (χ2v) is 8.74. The summed E-state index contributed by atoms with van der Waals surface area (Å²) < 4.78 is 20.3. The van der Waals surface area contributed by atoms with Gasteiger partial charge in [0.1, 0.15) is 6.61 Å². The quantitative estimate of drug-likeness (QED) is 0.398. The van der Waals surface area contributed by atoms with Gasteiger partial charge in [-0.2, -0.15) is 0 Å². The Balaban J connectivity index is 1.29. The van der Waals surface area contributed by atoms with E-state index in [-0.39, 0.29) is 30.1 Å². The standard InChI is InChI=1S/C23H26FN5O2S/c1-15(17-11-10-16-6-2-3-7-18(16)12-17)26-22(30)14-32-23-28-27-21(29(23)25)13-31-20-9-5-4-8-19(20)24/h4-5,8-12,15H,2-3,6-7,13-14,25H2,1H3,(H,26,30)/t15-/m1/s1. The Morgan fingerprint density at radius 2 is 2.00 bits per heavy atom. The number of nitrogens with zero attached hydrogens (tertiary/aromatic N) is 3. The highest BCUT2D eigenvalue weighted by Gasteiger charge is 2.17. The number of amides is 1. The van der Waals surface area contributed by atoms with Crippen LogP contribution in [0.2, 0.25) is 0 Å². The fourth-order valence-corrected chi connectivity index (χ4v) is 4.41. The predicted octanol–water partition coefficient (Wildman–Crippen LogP) is 3.56. The van der Waals surface area contributed by atoms with E-state index in [4.69, 9.17) is 10.6 Å². The van der Waals surface area contributed by atoms with Crippen LogP contribution in [0.3, 0.4) is 0 Å². The van der Waals surface area contributed by atoms with Crippen LogP contribution < -0.4 is 15.9 Å². The summed E-state index contributed by atoms with van der Waals surface area (Å²) in [5.41, 5.74) is 3.93. The van der Waals surface area contributed by atoms with Crippen LogP contribution in [0.25, 0.3) is 0 Å². The molecule has 0 radical (unpaired) electrons. The lowest BCUT2D eigenvalue weighted by Gasteiger charge is -2.20. The number of carbonyl (C=O) groups excluding carboxylic acids is 1. The molecule has 4 rings (SSSR count). The van der Waals surface area contributed by atoms with Crippen LogP contribution in [0.1, 0.15) is 48.3 Å². The fraction of sp³-hybridized carbons (Fsp3) is 0.348. The number of benzene rings is 2. The lowest BCUT2D eigenvalue weighted by Crippen LogP contribution is -2.28. The summed E-state index contributed by atoms with van der Waals surface area (Å²) in [6.07, 6.45) is 4.72. The van der Waals surface area contributed by atoms with E-state index in [2.05, 4.69) is 33.7 Å². The van der Waals surface area contributed by atoms with Crippen molar-refractivity contribution >= 4 is 17.7 Å². The number of aryl methyl sites for hydroxylation is 2. The van der Waals surface area contributed by atoms with Gasteiger partial charge >= 0.3 is 0 Å². The summed E-state index contributed by atoms with van der Waals surface area (Å²) in [6, 6.07) is 12.5. The Kier molecular flexibility index (Phi) is 6.94. The number of nitrogen functional groups attached to an aromatic ring is 1. The molecular formula is C23H26FN5O2S. The summed E-state index contributed by atoms with van der Waals surface area (Å²) in [4.78, 5) is 12.5. The molecule has 0 aliphatic heterocycles. The average Bonchev–Trinajstić information content (AvgIpc) is 3.16. The monoisotopic (exact) mass is 455 g/mol. The molecule has 32 heavy (non-hydrogen) atoms. The summed E-state index contributed by atoms with van der Waals surface area (Å²) in [7, 11) is 0. The topological polar surface area (TPSA) is 95.1 Å². The van der Waals surface area contributed by atoms with E-state index in [1.807, 2.05) is 6.92 Å². The van der Waals surface area contributed by atoms with Gasteiger partial charge in [-0.15, -0.1) is 10.2 Å². The second kappa shape index (κ2) is 10.0. The van der Waals surface area contributed by atoms with Gasteiger partial charge in [-0.3, -0.25) is 4.79 Å². The fourth-order valence-electron chi connectivity index (χ4n) is 3.73. The van der Waals surface area contributed by atoms with Crippen molar-refractivity contribution in [3.8, 4) is 5.75 Å². The number of hydrogen-bond donors (Lipinski definition) is 2. The molecule has 0 fully saturated rings. The molecule has 1 aromatic heterocycles. The van der Waals surface area contributed by atoms with E-state index >= 15 is 0 Å². The molecule has 3 aromatic rings. The number of carbonyl (C=O) groups is 1. The minimum atomic E-state index is -0.463. The van der Waals surface area contributed by atoms with E-state index in [1.165, 1.54) is 52.5 Å². The zero-order chi connectivity index (χ0) is 22.5. The number of thioether (sulfide) groups is 1. The number of nitrogens with one attached hydrogen (secondary N) is 1. The number of nitrogens with two attached hydrogens (primary N) is 1. The minimum absolute atomic E-state index is 0.0352. The van der Waals surface area contributed by atoms with Gasteiger partial charge in [0.25, 0.3) is 0 Å². The zero-order valence-electron chi connectivity index (χ0n) is 17.9. The Bertz CT molecular complexity index is 1100. The lowest BCUT2D eigenvalue weighted by atomic mass is 9.89. The van der Waals surface area contributed by atoms with Crippen molar-refractivity contribution < 1.29 is 13.9 Å². The van der Waals surface area contributed by atoms with E-state index < -0.39 is 5.82 Å². The molecule has 1 heterocycles. The van der Waals surface area contributed by atoms with Gasteiger partial charge in [0.15, 0.2) is 17.4 Å². The van der Waals surface area contributed by atoms with Gasteiger partial charge in [0, 0.05) is 0 Å². The Morgan fingerprint density at radius 1 is 1.22 bits per heavy atom. The normalized spacial score (nSPS) is 13.9. The van der Waals surface area contributed by atoms with Crippen molar-refractivity contribution in [3.63, 3.8) is 0 Å². The van der Waals surface area contributed by atoms with Gasteiger partial charge in [0.05, 0.1) is 11.8 Å². The molecule has 0 saturated heterocycles. The Hall–Kier alpha value is -3.07. The number of fused-ring (bicyclic) bond motifs is 1. The van der Waals surface area contributed by atoms with E-state index in [0.717, 1.165) is 18.4 Å². The second-order valence-electron chi connectivity index (χ2n) is 7.80. The number of para-hydroxylation sites is 1. The van der Waals surface area contributed by atoms with Gasteiger partial charge in [-0.05, 0) is 61.4 Å². The molecule has 0 spiro atoms. The molecule has 1 amide bonds. The van der Waals surface area contributed by atoms with Crippen molar-refractivity contribution in [3.05, 3.63) is 70.8 Å². The molecule has 1 aliphatic carbocycles. The van der Waals surface area contributed by atoms with Crippen LogP contribution in [-0.4, -0.2) is 26.5 Å². The van der Waals surface area contributed by atoms with Crippen molar-refractivity contribution in [2.75, 3.05) is 11.6 Å². The van der Waals surface area contributed by atoms with Crippen molar-refractivity contribution in [2.24, 2.45) is 0 Å². The van der Waals surface area contributed by atoms with Gasteiger partial charge in [-0.25, -0.2) is 9.07 Å². The van der Waals surface area contributed by atoms with Crippen LogP contribution in [0, 0.1) is 5.82 Å². The maximum atomic E-state index is 13.7. The SMILES string of the molecule is C[C@@H](NC(=O)CSc1nnc(COc2ccccc2F)n1N)c1ccc2c(c1)CCCC2. The first-order chi connectivity index (χ1) is 15.5. The third kappa shape index (κ3) is 5.21. The van der Waals surface area contributed by atoms with Gasteiger partial charge < -0.3 is 15.9 Å². The van der Waals surface area contributed by atoms with Crippen LogP contribution in [0.5, 0.6) is 5.75 Å². The maximum Gasteiger partial charge on any atom is 0.230 e. The number of ether oxygens (including phenoxy) is 1. The molecule has 7 nitrogen and oxygen atoms in total. The molecule has 0 bridgehead atoms. The molecule has 1 atom stereocenters. The number of hydrogen-bond acceptors (Lipinski definition) is 6. The van der Waals surface area contributed by atoms with Crippen molar-refractivity contribution in [1.29, 1.82) is 0 Å². The first kappa shape index (κ1) is 22.1. The van der Waals surface area contributed by atoms with Gasteiger partial charge in [-0.1, -0.05) is 42.1 Å². The largest absolute Gasteiger partial charge is 0.482 e. The highest BCUT2D eigenvalue weighted by atomic mass is 32.2. The van der Waals surface area contributed by atoms with Crippen LogP contribution >= 0.6 is 11.8 Å². The number of rotatable bonds is 8. The molecule has 9 heteroatoms. The minimum Gasteiger partial charge on any atom is -0.482 e. The maximum absolute atomic E-state index is 13.7. The van der Waals surface area contributed by atoms with E-state index in [0.29, 0.717) is 11.0 Å². The van der Waals surface area contributed by atoms with Crippen LogP contribution in [0.4, 0.5) is 4.39 Å². The highest BCUT2D eigenvalue weighted by Crippen LogP contribution is 2.25. The smallest absolute Gasteiger partial charge is 0.230 e. The van der Waals surface area contributed by atoms with Crippen LogP contribution in [-0.2, 0) is 24.2 Å². The number of aromatic nitrogens is 3. The molecule has 168 valence electrons. The third-order valence-electron chi connectivity index (χ3n) is 5.51. The molecule has 0 unspecified atom stereocenters. The summed E-state index contributed by atoms with van der Waals surface area (Å²) in [6.45, 7) is 1.95. The summed E-state index contributed by atoms with van der Waals surface area (Å²) in [5.74, 6) is 6.03. The first-order valence-corrected chi connectivity index (χ1v) is 11.6. The molecular weight excluding hydrogens is 429 g/mol. The summed E-state index contributed by atoms with van der Waals surface area (Å²) in [5, 5.41) is 11.4. The summed E-state index contributed by atoms with van der Waals surface area (Å²) >= 11 is 1.18. The van der Waals surface area contributed by atoms with Crippen molar-refractivity contribution in [1.82, 2.24) is 20.2 Å². The van der Waals surface area contributed by atoms with E-state index in [1.54, 1.807) is 12.1 Å². The van der Waals surface area contributed by atoms with Crippen LogP contribution in [0.15, 0.2) is 47.6 Å². The predicted molar refractivity (Wildman–Crippen MR) is 121 cm³/mol. The lowest BCUT2D eigenvalue weighted by molar-refractivity contribution is -0.119. The highest BCUT2D eigenvalue weighted by molar-refractivity contribution is 7.99. The molecule has 0 saturated carbocycles. The Labute approximate surface area is 190 Å². The zero-order valence-corrected chi connectivity index (χ0v) is 18.7. The number of halogens is 1. The molecule has 1 aliphatic rings.